The van der Waals surface area contributed by atoms with Crippen molar-refractivity contribution < 1.29 is 14.6 Å². The minimum Gasteiger partial charge on any atom is -0.481 e. The molecule has 1 saturated carbocycles. The van der Waals surface area contributed by atoms with Gasteiger partial charge in [-0.1, -0.05) is 18.5 Å². The number of rotatable bonds is 5. The molecule has 0 radical (unpaired) electrons. The molecule has 1 N–H and O–H groups in total. The van der Waals surface area contributed by atoms with Crippen molar-refractivity contribution in [2.24, 2.45) is 13.0 Å². The van der Waals surface area contributed by atoms with Gasteiger partial charge in [0.05, 0.1) is 35.0 Å². The first-order chi connectivity index (χ1) is 9.52. The molecule has 6 heteroatoms. The summed E-state index contributed by atoms with van der Waals surface area (Å²) >= 11 is 6.27. The summed E-state index contributed by atoms with van der Waals surface area (Å²) in [5.41, 5.74) is 1.78. The maximum atomic E-state index is 10.9. The number of carboxylic acids is 1. The lowest BCUT2D eigenvalue weighted by Crippen LogP contribution is -2.26. The van der Waals surface area contributed by atoms with Crippen molar-refractivity contribution in [3.8, 4) is 0 Å². The minimum absolute atomic E-state index is 0.127. The first-order valence-electron chi connectivity index (χ1n) is 7.07. The monoisotopic (exact) mass is 300 g/mol. The molecule has 112 valence electrons. The third-order valence-electron chi connectivity index (χ3n) is 3.98. The van der Waals surface area contributed by atoms with Crippen molar-refractivity contribution in [2.45, 2.75) is 51.7 Å². The van der Waals surface area contributed by atoms with Crippen LogP contribution in [0.5, 0.6) is 0 Å². The molecule has 1 aromatic rings. The van der Waals surface area contributed by atoms with Gasteiger partial charge in [0.15, 0.2) is 0 Å². The van der Waals surface area contributed by atoms with E-state index in [9.17, 15) is 4.79 Å². The van der Waals surface area contributed by atoms with Crippen molar-refractivity contribution in [3.63, 3.8) is 0 Å². The molecule has 1 heterocycles. The largest absolute Gasteiger partial charge is 0.481 e. The first-order valence-corrected chi connectivity index (χ1v) is 7.45. The van der Waals surface area contributed by atoms with Crippen LogP contribution in [-0.2, 0) is 29.6 Å². The van der Waals surface area contributed by atoms with Crippen molar-refractivity contribution in [1.82, 2.24) is 9.78 Å². The van der Waals surface area contributed by atoms with E-state index in [4.69, 9.17) is 21.4 Å². The van der Waals surface area contributed by atoms with Crippen LogP contribution in [0.2, 0.25) is 5.02 Å². The number of halogens is 1. The number of aryl methyl sites for hydroxylation is 2. The molecule has 0 unspecified atom stereocenters. The summed E-state index contributed by atoms with van der Waals surface area (Å²) in [7, 11) is 1.87. The number of aromatic nitrogens is 2. The van der Waals surface area contributed by atoms with E-state index < -0.39 is 5.97 Å². The van der Waals surface area contributed by atoms with Gasteiger partial charge in [0, 0.05) is 7.05 Å². The van der Waals surface area contributed by atoms with Gasteiger partial charge in [0.1, 0.15) is 0 Å². The average molecular weight is 301 g/mol. The molecule has 5 nitrogen and oxygen atoms in total. The van der Waals surface area contributed by atoms with Gasteiger partial charge in [0.25, 0.3) is 0 Å². The Bertz CT molecular complexity index is 479. The van der Waals surface area contributed by atoms with Crippen LogP contribution >= 0.6 is 11.6 Å². The van der Waals surface area contributed by atoms with Gasteiger partial charge in [-0.05, 0) is 32.1 Å². The molecular weight excluding hydrogens is 280 g/mol. The van der Waals surface area contributed by atoms with Crippen molar-refractivity contribution in [3.05, 3.63) is 16.4 Å². The molecule has 0 saturated heterocycles. The van der Waals surface area contributed by atoms with Gasteiger partial charge in [-0.2, -0.15) is 5.10 Å². The Labute approximate surface area is 123 Å². The van der Waals surface area contributed by atoms with Gasteiger partial charge in [0.2, 0.25) is 0 Å². The number of nitrogens with zero attached hydrogens (tertiary/aromatic N) is 2. The summed E-state index contributed by atoms with van der Waals surface area (Å²) in [5.74, 6) is -0.896. The van der Waals surface area contributed by atoms with Crippen LogP contribution in [0.1, 0.15) is 44.0 Å². The van der Waals surface area contributed by atoms with Gasteiger partial charge >= 0.3 is 5.97 Å². The lowest BCUT2D eigenvalue weighted by molar-refractivity contribution is -0.143. The van der Waals surface area contributed by atoms with Gasteiger partial charge < -0.3 is 9.84 Å². The molecule has 0 amide bonds. The summed E-state index contributed by atoms with van der Waals surface area (Å²) in [6.45, 7) is 2.46. The van der Waals surface area contributed by atoms with E-state index in [1.165, 1.54) is 0 Å². The Morgan fingerprint density at radius 3 is 2.60 bits per heavy atom. The van der Waals surface area contributed by atoms with Gasteiger partial charge in [-0.15, -0.1) is 0 Å². The molecule has 0 aliphatic heterocycles. The zero-order valence-electron chi connectivity index (χ0n) is 11.9. The van der Waals surface area contributed by atoms with Gasteiger partial charge in [-0.25, -0.2) is 0 Å². The fraction of sp³-hybridized carbons (Fsp3) is 0.714. The molecule has 0 bridgehead atoms. The zero-order chi connectivity index (χ0) is 14.7. The standard InChI is InChI=1S/C14H21ClN2O3/c1-3-11-13(15)12(17(2)16-11)8-20-10-6-4-9(5-7-10)14(18)19/h9-10H,3-8H2,1-2H3,(H,18,19). The summed E-state index contributed by atoms with van der Waals surface area (Å²) in [6.07, 6.45) is 3.91. The molecule has 0 aromatic carbocycles. The molecular formula is C14H21ClN2O3. The number of aliphatic carboxylic acids is 1. The summed E-state index contributed by atoms with van der Waals surface area (Å²) in [5, 5.41) is 14.0. The predicted octanol–water partition coefficient (Wildman–Crippen LogP) is 2.80. The second kappa shape index (κ2) is 6.59. The van der Waals surface area contributed by atoms with Crippen LogP contribution in [0.3, 0.4) is 0 Å². The number of hydrogen-bond acceptors (Lipinski definition) is 3. The highest BCUT2D eigenvalue weighted by atomic mass is 35.5. The number of hydrogen-bond donors (Lipinski definition) is 1. The van der Waals surface area contributed by atoms with E-state index >= 15 is 0 Å². The third-order valence-corrected chi connectivity index (χ3v) is 4.42. The van der Waals surface area contributed by atoms with Crippen LogP contribution in [0.15, 0.2) is 0 Å². The van der Waals surface area contributed by atoms with Crippen LogP contribution < -0.4 is 0 Å². The number of carbonyl (C=O) groups is 1. The smallest absolute Gasteiger partial charge is 0.306 e. The molecule has 0 atom stereocenters. The number of ether oxygens (including phenoxy) is 1. The lowest BCUT2D eigenvalue weighted by Gasteiger charge is -2.26. The highest BCUT2D eigenvalue weighted by Crippen LogP contribution is 2.28. The summed E-state index contributed by atoms with van der Waals surface area (Å²) in [6, 6.07) is 0. The second-order valence-electron chi connectivity index (χ2n) is 5.31. The van der Waals surface area contributed by atoms with E-state index in [2.05, 4.69) is 5.10 Å². The van der Waals surface area contributed by atoms with Crippen LogP contribution in [0.4, 0.5) is 0 Å². The minimum atomic E-state index is -0.689. The summed E-state index contributed by atoms with van der Waals surface area (Å²) < 4.78 is 7.65. The first kappa shape index (κ1) is 15.3. The molecule has 20 heavy (non-hydrogen) atoms. The van der Waals surface area contributed by atoms with Crippen molar-refractivity contribution >= 4 is 17.6 Å². The maximum Gasteiger partial charge on any atom is 0.306 e. The van der Waals surface area contributed by atoms with E-state index in [0.717, 1.165) is 30.7 Å². The highest BCUT2D eigenvalue weighted by molar-refractivity contribution is 6.31. The van der Waals surface area contributed by atoms with E-state index in [1.807, 2.05) is 14.0 Å². The SMILES string of the molecule is CCc1nn(C)c(COC2CCC(C(=O)O)CC2)c1Cl. The van der Waals surface area contributed by atoms with Crippen molar-refractivity contribution in [2.75, 3.05) is 0 Å². The maximum absolute atomic E-state index is 10.9. The Morgan fingerprint density at radius 1 is 1.45 bits per heavy atom. The molecule has 1 aliphatic carbocycles. The Balaban J connectivity index is 1.88. The molecule has 1 fully saturated rings. The average Bonchev–Trinajstić information content (AvgIpc) is 2.71. The third kappa shape index (κ3) is 3.33. The number of carboxylic acid groups (broad SMARTS) is 1. The Morgan fingerprint density at radius 2 is 2.10 bits per heavy atom. The van der Waals surface area contributed by atoms with Crippen LogP contribution in [0.25, 0.3) is 0 Å². The fourth-order valence-electron chi connectivity index (χ4n) is 2.65. The molecule has 0 spiro atoms. The fourth-order valence-corrected chi connectivity index (χ4v) is 3.00. The van der Waals surface area contributed by atoms with Gasteiger partial charge in [-0.3, -0.25) is 9.48 Å². The van der Waals surface area contributed by atoms with Crippen LogP contribution in [0, 0.1) is 5.92 Å². The van der Waals surface area contributed by atoms with E-state index in [-0.39, 0.29) is 12.0 Å². The Hall–Kier alpha value is -1.07. The molecule has 2 rings (SSSR count). The van der Waals surface area contributed by atoms with Crippen molar-refractivity contribution in [1.29, 1.82) is 0 Å². The second-order valence-corrected chi connectivity index (χ2v) is 5.69. The summed E-state index contributed by atoms with van der Waals surface area (Å²) in [4.78, 5) is 10.9. The lowest BCUT2D eigenvalue weighted by atomic mass is 9.87. The van der Waals surface area contributed by atoms with E-state index in [0.29, 0.717) is 24.5 Å². The normalized spacial score (nSPS) is 22.9. The quantitative estimate of drug-likeness (QED) is 0.908. The van der Waals surface area contributed by atoms with Crippen LogP contribution in [-0.4, -0.2) is 27.0 Å². The zero-order valence-corrected chi connectivity index (χ0v) is 12.7. The van der Waals surface area contributed by atoms with E-state index in [1.54, 1.807) is 4.68 Å². The molecule has 1 aromatic heterocycles. The molecule has 1 aliphatic rings. The highest BCUT2D eigenvalue weighted by Gasteiger charge is 2.26. The predicted molar refractivity (Wildman–Crippen MR) is 75.8 cm³/mol. The Kier molecular flexibility index (Phi) is 5.05. The topological polar surface area (TPSA) is 64.4 Å².